The number of nitrogens with zero attached hydrogens (tertiary/aromatic N) is 3. The summed E-state index contributed by atoms with van der Waals surface area (Å²) in [5.74, 6) is 0.830. The SMILES string of the molecule is CNCc1nc(C#N)c2cccc(Br)n12. The Balaban J connectivity index is 2.77. The van der Waals surface area contributed by atoms with Crippen molar-refractivity contribution in [1.82, 2.24) is 14.7 Å². The molecule has 0 saturated heterocycles. The predicted octanol–water partition coefficient (Wildman–Crippen LogP) is 1.69. The van der Waals surface area contributed by atoms with Gasteiger partial charge in [-0.2, -0.15) is 5.26 Å². The van der Waals surface area contributed by atoms with Crippen LogP contribution in [0.5, 0.6) is 0 Å². The number of rotatable bonds is 2. The van der Waals surface area contributed by atoms with Crippen molar-refractivity contribution in [3.05, 3.63) is 34.3 Å². The smallest absolute Gasteiger partial charge is 0.166 e. The van der Waals surface area contributed by atoms with Crippen molar-refractivity contribution in [1.29, 1.82) is 5.26 Å². The van der Waals surface area contributed by atoms with Crippen LogP contribution < -0.4 is 5.32 Å². The van der Waals surface area contributed by atoms with Crippen LogP contribution in [0.25, 0.3) is 5.52 Å². The molecule has 2 aromatic rings. The number of fused-ring (bicyclic) bond motifs is 1. The molecular formula is C10H9BrN4. The molecule has 0 fully saturated rings. The first kappa shape index (κ1) is 10.1. The van der Waals surface area contributed by atoms with E-state index in [2.05, 4.69) is 32.3 Å². The number of imidazole rings is 1. The highest BCUT2D eigenvalue weighted by atomic mass is 79.9. The van der Waals surface area contributed by atoms with Crippen LogP contribution in [-0.4, -0.2) is 16.4 Å². The summed E-state index contributed by atoms with van der Waals surface area (Å²) in [6.45, 7) is 0.630. The molecular weight excluding hydrogens is 256 g/mol. The third-order valence-corrected chi connectivity index (χ3v) is 2.74. The van der Waals surface area contributed by atoms with Gasteiger partial charge in [-0.1, -0.05) is 6.07 Å². The number of hydrogen-bond donors (Lipinski definition) is 1. The Kier molecular flexibility index (Phi) is 2.71. The molecule has 0 aliphatic heterocycles. The highest BCUT2D eigenvalue weighted by Crippen LogP contribution is 2.19. The third-order valence-electron chi connectivity index (χ3n) is 2.12. The Hall–Kier alpha value is -1.38. The van der Waals surface area contributed by atoms with E-state index in [0.717, 1.165) is 15.9 Å². The van der Waals surface area contributed by atoms with Crippen molar-refractivity contribution < 1.29 is 0 Å². The van der Waals surface area contributed by atoms with Crippen molar-refractivity contribution in [2.45, 2.75) is 6.54 Å². The fourth-order valence-corrected chi connectivity index (χ4v) is 2.07. The quantitative estimate of drug-likeness (QED) is 0.840. The summed E-state index contributed by atoms with van der Waals surface area (Å²) >= 11 is 3.45. The number of halogens is 1. The van der Waals surface area contributed by atoms with Gasteiger partial charge in [-0.3, -0.25) is 4.40 Å². The van der Waals surface area contributed by atoms with Crippen LogP contribution in [0, 0.1) is 11.3 Å². The lowest BCUT2D eigenvalue weighted by Gasteiger charge is -2.02. The summed E-state index contributed by atoms with van der Waals surface area (Å²) in [5.41, 5.74) is 1.29. The minimum absolute atomic E-state index is 0.460. The van der Waals surface area contributed by atoms with Crippen LogP contribution in [0.3, 0.4) is 0 Å². The van der Waals surface area contributed by atoms with E-state index < -0.39 is 0 Å². The normalized spacial score (nSPS) is 10.5. The third kappa shape index (κ3) is 1.62. The first-order valence-electron chi connectivity index (χ1n) is 4.48. The minimum atomic E-state index is 0.460. The highest BCUT2D eigenvalue weighted by molar-refractivity contribution is 9.10. The van der Waals surface area contributed by atoms with Crippen molar-refractivity contribution in [2.24, 2.45) is 0 Å². The van der Waals surface area contributed by atoms with Gasteiger partial charge in [0, 0.05) is 0 Å². The minimum Gasteiger partial charge on any atom is -0.313 e. The molecule has 0 unspecified atom stereocenters. The van der Waals surface area contributed by atoms with Gasteiger partial charge in [0.05, 0.1) is 16.7 Å². The molecule has 0 aliphatic rings. The Labute approximate surface area is 95.7 Å². The van der Waals surface area contributed by atoms with Crippen LogP contribution in [0.4, 0.5) is 0 Å². The fourth-order valence-electron chi connectivity index (χ4n) is 1.53. The maximum atomic E-state index is 8.95. The molecule has 1 N–H and O–H groups in total. The fraction of sp³-hybridized carbons (Fsp3) is 0.200. The molecule has 0 aromatic carbocycles. The van der Waals surface area contributed by atoms with E-state index in [0.29, 0.717) is 12.2 Å². The molecule has 0 aliphatic carbocycles. The highest BCUT2D eigenvalue weighted by Gasteiger charge is 2.11. The zero-order chi connectivity index (χ0) is 10.8. The summed E-state index contributed by atoms with van der Waals surface area (Å²) in [6.07, 6.45) is 0. The summed E-state index contributed by atoms with van der Waals surface area (Å²) in [5, 5.41) is 12.0. The molecule has 2 heterocycles. The Morgan fingerprint density at radius 1 is 1.60 bits per heavy atom. The number of nitrogens with one attached hydrogen (secondary N) is 1. The van der Waals surface area contributed by atoms with Gasteiger partial charge in [-0.15, -0.1) is 0 Å². The van der Waals surface area contributed by atoms with Crippen molar-refractivity contribution >= 4 is 21.4 Å². The van der Waals surface area contributed by atoms with Crippen LogP contribution >= 0.6 is 15.9 Å². The Morgan fingerprint density at radius 3 is 3.07 bits per heavy atom. The lowest BCUT2D eigenvalue weighted by Crippen LogP contribution is -2.09. The average molecular weight is 265 g/mol. The van der Waals surface area contributed by atoms with Crippen molar-refractivity contribution in [2.75, 3.05) is 7.05 Å². The molecule has 0 spiro atoms. The van der Waals surface area contributed by atoms with Gasteiger partial charge < -0.3 is 5.32 Å². The number of aromatic nitrogens is 2. The first-order valence-corrected chi connectivity index (χ1v) is 5.27. The molecule has 0 radical (unpaired) electrons. The summed E-state index contributed by atoms with van der Waals surface area (Å²) in [4.78, 5) is 4.27. The van der Waals surface area contributed by atoms with E-state index in [1.165, 1.54) is 0 Å². The van der Waals surface area contributed by atoms with E-state index in [1.54, 1.807) is 0 Å². The number of hydrogen-bond acceptors (Lipinski definition) is 3. The lowest BCUT2D eigenvalue weighted by atomic mass is 10.3. The Morgan fingerprint density at radius 2 is 2.40 bits per heavy atom. The molecule has 4 nitrogen and oxygen atoms in total. The van der Waals surface area contributed by atoms with E-state index in [4.69, 9.17) is 5.26 Å². The van der Waals surface area contributed by atoms with Gasteiger partial charge in [-0.05, 0) is 35.1 Å². The van der Waals surface area contributed by atoms with E-state index >= 15 is 0 Å². The molecule has 0 saturated carbocycles. The maximum Gasteiger partial charge on any atom is 0.166 e. The van der Waals surface area contributed by atoms with Gasteiger partial charge in [-0.25, -0.2) is 4.98 Å². The summed E-state index contributed by atoms with van der Waals surface area (Å²) in [7, 11) is 1.85. The topological polar surface area (TPSA) is 53.1 Å². The predicted molar refractivity (Wildman–Crippen MR) is 60.4 cm³/mol. The van der Waals surface area contributed by atoms with Gasteiger partial charge >= 0.3 is 0 Å². The molecule has 15 heavy (non-hydrogen) atoms. The number of nitriles is 1. The van der Waals surface area contributed by atoms with Gasteiger partial charge in [0.15, 0.2) is 5.69 Å². The molecule has 5 heteroatoms. The van der Waals surface area contributed by atoms with Crippen LogP contribution in [0.1, 0.15) is 11.5 Å². The molecule has 2 aromatic heterocycles. The van der Waals surface area contributed by atoms with Gasteiger partial charge in [0.2, 0.25) is 0 Å². The Bertz CT molecular complexity index is 538. The molecule has 0 amide bonds. The standard InChI is InChI=1S/C10H9BrN4/c1-13-6-10-14-7(5-12)8-3-2-4-9(11)15(8)10/h2-4,13H,6H2,1H3. The zero-order valence-corrected chi connectivity index (χ0v) is 9.74. The van der Waals surface area contributed by atoms with Gasteiger partial charge in [0.25, 0.3) is 0 Å². The first-order chi connectivity index (χ1) is 7.27. The molecule has 0 atom stereocenters. The summed E-state index contributed by atoms with van der Waals surface area (Å²) in [6, 6.07) is 7.80. The largest absolute Gasteiger partial charge is 0.313 e. The van der Waals surface area contributed by atoms with Crippen molar-refractivity contribution in [3.8, 4) is 6.07 Å². The second-order valence-corrected chi connectivity index (χ2v) is 3.90. The monoisotopic (exact) mass is 264 g/mol. The number of pyridine rings is 1. The second-order valence-electron chi connectivity index (χ2n) is 3.09. The molecule has 2 rings (SSSR count). The average Bonchev–Trinajstić information content (AvgIpc) is 2.59. The van der Waals surface area contributed by atoms with Crippen LogP contribution in [-0.2, 0) is 6.54 Å². The molecule has 0 bridgehead atoms. The van der Waals surface area contributed by atoms with Crippen LogP contribution in [0.2, 0.25) is 0 Å². The lowest BCUT2D eigenvalue weighted by molar-refractivity contribution is 0.751. The zero-order valence-electron chi connectivity index (χ0n) is 8.16. The van der Waals surface area contributed by atoms with Crippen LogP contribution in [0.15, 0.2) is 22.8 Å². The van der Waals surface area contributed by atoms with E-state index in [9.17, 15) is 0 Å². The summed E-state index contributed by atoms with van der Waals surface area (Å²) < 4.78 is 2.83. The van der Waals surface area contributed by atoms with E-state index in [-0.39, 0.29) is 0 Å². The van der Waals surface area contributed by atoms with Gasteiger partial charge in [0.1, 0.15) is 11.9 Å². The van der Waals surface area contributed by atoms with Crippen molar-refractivity contribution in [3.63, 3.8) is 0 Å². The maximum absolute atomic E-state index is 8.95. The second kappa shape index (κ2) is 4.01. The van der Waals surface area contributed by atoms with E-state index in [1.807, 2.05) is 29.6 Å². The molecule has 76 valence electrons.